The molecule has 4 aromatic rings. The van der Waals surface area contributed by atoms with Crippen molar-refractivity contribution in [2.75, 3.05) is 4.90 Å². The lowest BCUT2D eigenvalue weighted by Crippen LogP contribution is -2.30. The van der Waals surface area contributed by atoms with Gasteiger partial charge in [-0.15, -0.1) is 0 Å². The fraction of sp³-hybridized carbons (Fsp3) is 0.0833. The van der Waals surface area contributed by atoms with E-state index in [9.17, 15) is 14.7 Å². The minimum absolute atomic E-state index is 0.0416. The monoisotopic (exact) mass is 477 g/mol. The second-order valence-electron chi connectivity index (χ2n) is 7.25. The Morgan fingerprint density at radius 2 is 1.84 bits per heavy atom. The van der Waals surface area contributed by atoms with Gasteiger partial charge in [-0.1, -0.05) is 40.2 Å². The third kappa shape index (κ3) is 3.18. The first-order valence-corrected chi connectivity index (χ1v) is 10.3. The van der Waals surface area contributed by atoms with Gasteiger partial charge in [0.05, 0.1) is 5.57 Å². The van der Waals surface area contributed by atoms with Gasteiger partial charge in [-0.3, -0.25) is 14.5 Å². The van der Waals surface area contributed by atoms with Gasteiger partial charge in [-0.25, -0.2) is 0 Å². The number of carbonyl (C=O) groups is 2. The Hall–Kier alpha value is -3.58. The zero-order chi connectivity index (χ0) is 21.7. The maximum atomic E-state index is 13.5. The second-order valence-corrected chi connectivity index (χ2v) is 8.16. The van der Waals surface area contributed by atoms with Crippen molar-refractivity contribution in [1.29, 1.82) is 0 Å². The minimum Gasteiger partial charge on any atom is -0.503 e. The molecule has 154 valence electrons. The highest BCUT2D eigenvalue weighted by molar-refractivity contribution is 9.10. The Labute approximate surface area is 185 Å². The predicted molar refractivity (Wildman–Crippen MR) is 118 cm³/mol. The Balaban J connectivity index is 1.66. The number of para-hydroxylation sites is 1. The van der Waals surface area contributed by atoms with E-state index in [0.717, 1.165) is 9.86 Å². The third-order valence-corrected chi connectivity index (χ3v) is 5.71. The van der Waals surface area contributed by atoms with Crippen LogP contribution in [0.1, 0.15) is 28.1 Å². The molecule has 0 saturated carbocycles. The van der Waals surface area contributed by atoms with E-state index < -0.39 is 23.5 Å². The van der Waals surface area contributed by atoms with Gasteiger partial charge in [0.15, 0.2) is 11.5 Å². The van der Waals surface area contributed by atoms with Crippen molar-refractivity contribution < 1.29 is 23.5 Å². The molecule has 0 spiro atoms. The summed E-state index contributed by atoms with van der Waals surface area (Å²) in [6, 6.07) is 18.4. The van der Waals surface area contributed by atoms with Crippen molar-refractivity contribution in [1.82, 2.24) is 0 Å². The van der Waals surface area contributed by atoms with E-state index in [0.29, 0.717) is 22.8 Å². The van der Waals surface area contributed by atoms with Gasteiger partial charge in [-0.2, -0.15) is 0 Å². The molecule has 3 heterocycles. The number of aliphatic hydroxyl groups excluding tert-OH is 1. The Morgan fingerprint density at radius 3 is 2.55 bits per heavy atom. The van der Waals surface area contributed by atoms with Gasteiger partial charge in [0, 0.05) is 15.5 Å². The number of halogens is 1. The van der Waals surface area contributed by atoms with Crippen LogP contribution in [0.2, 0.25) is 0 Å². The maximum absolute atomic E-state index is 13.5. The van der Waals surface area contributed by atoms with E-state index in [1.807, 2.05) is 18.2 Å². The van der Waals surface area contributed by atoms with Crippen molar-refractivity contribution in [3.05, 3.63) is 99.8 Å². The number of Topliss-reactive ketones (excluding diaryl/α,β-unsaturated/α-hetero) is 1. The number of rotatable bonds is 4. The molecule has 7 heteroatoms. The van der Waals surface area contributed by atoms with Gasteiger partial charge in [0.2, 0.25) is 5.78 Å². The molecule has 1 N–H and O–H groups in total. The fourth-order valence-electron chi connectivity index (χ4n) is 3.83. The molecular weight excluding hydrogens is 462 g/mol. The molecule has 5 rings (SSSR count). The zero-order valence-corrected chi connectivity index (χ0v) is 17.9. The lowest BCUT2D eigenvalue weighted by molar-refractivity contribution is -0.117. The molecule has 2 aromatic carbocycles. The van der Waals surface area contributed by atoms with Gasteiger partial charge < -0.3 is 13.9 Å². The van der Waals surface area contributed by atoms with E-state index in [1.54, 1.807) is 55.5 Å². The molecular formula is C24H16BrNO5. The van der Waals surface area contributed by atoms with Crippen LogP contribution in [-0.2, 0) is 4.79 Å². The minimum atomic E-state index is -0.934. The number of ketones is 1. The third-order valence-electron chi connectivity index (χ3n) is 5.22. The first kappa shape index (κ1) is 19.4. The highest BCUT2D eigenvalue weighted by atomic mass is 79.9. The molecule has 0 saturated heterocycles. The molecule has 1 aliphatic rings. The van der Waals surface area contributed by atoms with Gasteiger partial charge >= 0.3 is 0 Å². The molecule has 1 amide bonds. The smallest absolute Gasteiger partial charge is 0.294 e. The number of fused-ring (bicyclic) bond motifs is 1. The fourth-order valence-corrected chi connectivity index (χ4v) is 4.21. The number of nitrogens with zero attached hydrogens (tertiary/aromatic N) is 1. The number of anilines is 1. The Kier molecular flexibility index (Phi) is 4.55. The molecule has 0 bridgehead atoms. The largest absolute Gasteiger partial charge is 0.503 e. The van der Waals surface area contributed by atoms with Crippen molar-refractivity contribution in [3.8, 4) is 0 Å². The summed E-state index contributed by atoms with van der Waals surface area (Å²) in [5, 5.41) is 11.5. The highest BCUT2D eigenvalue weighted by Gasteiger charge is 2.46. The molecule has 0 aliphatic carbocycles. The standard InChI is InChI=1S/C24H16BrNO5/c1-13-9-10-18(30-13)21-20(22(27)19-11-14-5-2-3-8-17(14)31-19)23(28)24(29)26(21)16-7-4-6-15(25)12-16/h2-12,21,28H,1H3. The summed E-state index contributed by atoms with van der Waals surface area (Å²) in [5.41, 5.74) is 0.972. The van der Waals surface area contributed by atoms with Crippen LogP contribution < -0.4 is 4.90 Å². The molecule has 2 aromatic heterocycles. The van der Waals surface area contributed by atoms with Gasteiger partial charge in [0.1, 0.15) is 23.1 Å². The first-order chi connectivity index (χ1) is 14.9. The van der Waals surface area contributed by atoms with E-state index in [2.05, 4.69) is 15.9 Å². The summed E-state index contributed by atoms with van der Waals surface area (Å²) in [6.07, 6.45) is 0. The van der Waals surface area contributed by atoms with Crippen molar-refractivity contribution in [2.24, 2.45) is 0 Å². The van der Waals surface area contributed by atoms with E-state index in [-0.39, 0.29) is 11.3 Å². The number of hydrogen-bond acceptors (Lipinski definition) is 5. The summed E-state index contributed by atoms with van der Waals surface area (Å²) in [4.78, 5) is 27.9. The number of furan rings is 2. The average molecular weight is 478 g/mol. The van der Waals surface area contributed by atoms with Crippen LogP contribution in [0.5, 0.6) is 0 Å². The van der Waals surface area contributed by atoms with E-state index >= 15 is 0 Å². The second kappa shape index (κ2) is 7.28. The number of carbonyl (C=O) groups excluding carboxylic acids is 2. The molecule has 31 heavy (non-hydrogen) atoms. The van der Waals surface area contributed by atoms with Gasteiger partial charge in [-0.05, 0) is 49.4 Å². The van der Waals surface area contributed by atoms with Gasteiger partial charge in [0.25, 0.3) is 5.91 Å². The van der Waals surface area contributed by atoms with Crippen LogP contribution in [0.15, 0.2) is 91.4 Å². The number of aliphatic hydroxyl groups is 1. The molecule has 1 unspecified atom stereocenters. The normalized spacial score (nSPS) is 16.5. The van der Waals surface area contributed by atoms with E-state index in [1.165, 1.54) is 4.90 Å². The Bertz CT molecular complexity index is 1350. The molecule has 0 fully saturated rings. The van der Waals surface area contributed by atoms with Crippen molar-refractivity contribution in [2.45, 2.75) is 13.0 Å². The number of hydrogen-bond donors (Lipinski definition) is 1. The van der Waals surface area contributed by atoms with E-state index in [4.69, 9.17) is 8.83 Å². The molecule has 1 aliphatic heterocycles. The van der Waals surface area contributed by atoms with Crippen LogP contribution in [0.25, 0.3) is 11.0 Å². The summed E-state index contributed by atoms with van der Waals surface area (Å²) in [6.45, 7) is 1.77. The average Bonchev–Trinajstić information content (AvgIpc) is 3.44. The molecule has 1 atom stereocenters. The number of benzene rings is 2. The molecule has 0 radical (unpaired) electrons. The van der Waals surface area contributed by atoms with Crippen molar-refractivity contribution in [3.63, 3.8) is 0 Å². The molecule has 6 nitrogen and oxygen atoms in total. The lowest BCUT2D eigenvalue weighted by atomic mass is 9.99. The highest BCUT2D eigenvalue weighted by Crippen LogP contribution is 2.43. The van der Waals surface area contributed by atoms with Crippen LogP contribution in [0, 0.1) is 6.92 Å². The predicted octanol–water partition coefficient (Wildman–Crippen LogP) is 5.88. The quantitative estimate of drug-likeness (QED) is 0.371. The van der Waals surface area contributed by atoms with Crippen LogP contribution in [-0.4, -0.2) is 16.8 Å². The zero-order valence-electron chi connectivity index (χ0n) is 16.3. The topological polar surface area (TPSA) is 83.9 Å². The SMILES string of the molecule is Cc1ccc(C2C(C(=O)c3cc4ccccc4o3)=C(O)C(=O)N2c2cccc(Br)c2)o1. The summed E-state index contributed by atoms with van der Waals surface area (Å²) in [7, 11) is 0. The summed E-state index contributed by atoms with van der Waals surface area (Å²) in [5.74, 6) is -0.840. The summed E-state index contributed by atoms with van der Waals surface area (Å²) < 4.78 is 12.3. The summed E-state index contributed by atoms with van der Waals surface area (Å²) >= 11 is 3.41. The van der Waals surface area contributed by atoms with Crippen LogP contribution >= 0.6 is 15.9 Å². The Morgan fingerprint density at radius 1 is 1.03 bits per heavy atom. The maximum Gasteiger partial charge on any atom is 0.294 e. The number of amides is 1. The number of aryl methyl sites for hydroxylation is 1. The van der Waals surface area contributed by atoms with Crippen LogP contribution in [0.3, 0.4) is 0 Å². The first-order valence-electron chi connectivity index (χ1n) is 9.56. The van der Waals surface area contributed by atoms with Crippen molar-refractivity contribution >= 4 is 44.3 Å². The van der Waals surface area contributed by atoms with Crippen LogP contribution in [0.4, 0.5) is 5.69 Å². The lowest BCUT2D eigenvalue weighted by Gasteiger charge is -2.25.